The van der Waals surface area contributed by atoms with Crippen molar-refractivity contribution in [2.24, 2.45) is 0 Å². The summed E-state index contributed by atoms with van der Waals surface area (Å²) in [4.78, 5) is 25.5. The first-order valence-corrected chi connectivity index (χ1v) is 9.07. The maximum atomic E-state index is 12.8. The number of hydrogen-bond donors (Lipinski definition) is 1. The van der Waals surface area contributed by atoms with E-state index in [0.29, 0.717) is 29.5 Å². The van der Waals surface area contributed by atoms with E-state index in [1.165, 1.54) is 0 Å². The molecule has 1 saturated heterocycles. The summed E-state index contributed by atoms with van der Waals surface area (Å²) in [5.41, 5.74) is 0. The Balaban J connectivity index is 2.11. The lowest BCUT2D eigenvalue weighted by molar-refractivity contribution is -0.144. The summed E-state index contributed by atoms with van der Waals surface area (Å²) >= 11 is 7.76. The Labute approximate surface area is 144 Å². The molecule has 5 nitrogen and oxygen atoms in total. The van der Waals surface area contributed by atoms with Gasteiger partial charge in [-0.2, -0.15) is 11.8 Å². The van der Waals surface area contributed by atoms with Crippen LogP contribution in [-0.2, 0) is 9.59 Å². The standard InChI is InChI=1S/C16H20ClNO4S/c1-2-13(22-14-6-4-3-5-12(14)17)16(21)18-7-8-23-10-11(18)9-15(19)20/h3-6,11,13H,2,7-10H2,1H3,(H,19,20). The first-order chi connectivity index (χ1) is 11.0. The molecule has 0 aliphatic carbocycles. The predicted molar refractivity (Wildman–Crippen MR) is 91.2 cm³/mol. The van der Waals surface area contributed by atoms with Gasteiger partial charge in [0.25, 0.3) is 5.91 Å². The van der Waals surface area contributed by atoms with E-state index in [0.717, 1.165) is 5.75 Å². The lowest BCUT2D eigenvalue weighted by Crippen LogP contribution is -2.52. The second-order valence-corrected chi connectivity index (χ2v) is 6.86. The van der Waals surface area contributed by atoms with E-state index in [-0.39, 0.29) is 18.4 Å². The van der Waals surface area contributed by atoms with Crippen molar-refractivity contribution in [1.82, 2.24) is 4.90 Å². The van der Waals surface area contributed by atoms with Crippen LogP contribution in [0.1, 0.15) is 19.8 Å². The molecule has 1 amide bonds. The van der Waals surface area contributed by atoms with Crippen molar-refractivity contribution in [2.45, 2.75) is 31.9 Å². The molecule has 1 aliphatic rings. The van der Waals surface area contributed by atoms with Gasteiger partial charge < -0.3 is 14.7 Å². The molecule has 1 fully saturated rings. The Morgan fingerprint density at radius 2 is 2.22 bits per heavy atom. The van der Waals surface area contributed by atoms with Gasteiger partial charge in [0, 0.05) is 18.1 Å². The molecule has 0 aromatic heterocycles. The highest BCUT2D eigenvalue weighted by atomic mass is 35.5. The van der Waals surface area contributed by atoms with E-state index in [1.807, 2.05) is 6.92 Å². The van der Waals surface area contributed by atoms with Crippen LogP contribution in [0.4, 0.5) is 0 Å². The number of ether oxygens (including phenoxy) is 1. The Bertz CT molecular complexity index is 569. The van der Waals surface area contributed by atoms with Crippen molar-refractivity contribution in [3.8, 4) is 5.75 Å². The number of amides is 1. The minimum absolute atomic E-state index is 0.0404. The number of carboxylic acid groups (broad SMARTS) is 1. The normalized spacial score (nSPS) is 19.2. The Morgan fingerprint density at radius 3 is 2.87 bits per heavy atom. The first kappa shape index (κ1) is 17.9. The number of hydrogen-bond acceptors (Lipinski definition) is 4. The summed E-state index contributed by atoms with van der Waals surface area (Å²) in [6.07, 6.45) is -0.205. The van der Waals surface area contributed by atoms with E-state index in [1.54, 1.807) is 40.9 Å². The molecule has 126 valence electrons. The van der Waals surface area contributed by atoms with E-state index < -0.39 is 12.1 Å². The summed E-state index contributed by atoms with van der Waals surface area (Å²) < 4.78 is 5.79. The van der Waals surface area contributed by atoms with Gasteiger partial charge in [0.15, 0.2) is 6.10 Å². The molecule has 2 rings (SSSR count). The van der Waals surface area contributed by atoms with Crippen molar-refractivity contribution in [1.29, 1.82) is 0 Å². The highest BCUT2D eigenvalue weighted by molar-refractivity contribution is 7.99. The lowest BCUT2D eigenvalue weighted by Gasteiger charge is -2.36. The van der Waals surface area contributed by atoms with Crippen molar-refractivity contribution >= 4 is 35.2 Å². The number of carbonyl (C=O) groups is 2. The van der Waals surface area contributed by atoms with E-state index in [2.05, 4.69) is 0 Å². The quantitative estimate of drug-likeness (QED) is 0.847. The Hall–Kier alpha value is -1.40. The van der Waals surface area contributed by atoms with Crippen LogP contribution in [0.2, 0.25) is 5.02 Å². The average molecular weight is 358 g/mol. The number of para-hydroxylation sites is 1. The number of halogens is 1. The van der Waals surface area contributed by atoms with E-state index in [4.69, 9.17) is 21.4 Å². The van der Waals surface area contributed by atoms with Gasteiger partial charge in [-0.1, -0.05) is 30.7 Å². The number of nitrogens with zero attached hydrogens (tertiary/aromatic N) is 1. The zero-order valence-corrected chi connectivity index (χ0v) is 14.5. The summed E-state index contributed by atoms with van der Waals surface area (Å²) in [6.45, 7) is 2.41. The molecule has 23 heavy (non-hydrogen) atoms. The molecule has 2 unspecified atom stereocenters. The number of benzene rings is 1. The van der Waals surface area contributed by atoms with Crippen molar-refractivity contribution in [2.75, 3.05) is 18.1 Å². The van der Waals surface area contributed by atoms with Crippen LogP contribution >= 0.6 is 23.4 Å². The van der Waals surface area contributed by atoms with Gasteiger partial charge in [0.05, 0.1) is 17.5 Å². The molecule has 1 aliphatic heterocycles. The molecular weight excluding hydrogens is 338 g/mol. The predicted octanol–water partition coefficient (Wildman–Crippen LogP) is 2.92. The molecule has 0 bridgehead atoms. The molecule has 1 N–H and O–H groups in total. The molecule has 7 heteroatoms. The molecule has 1 aromatic carbocycles. The van der Waals surface area contributed by atoms with Crippen molar-refractivity contribution in [3.05, 3.63) is 29.3 Å². The zero-order valence-electron chi connectivity index (χ0n) is 12.9. The highest BCUT2D eigenvalue weighted by Crippen LogP contribution is 2.26. The molecule has 0 spiro atoms. The average Bonchev–Trinajstić information content (AvgIpc) is 2.53. The van der Waals surface area contributed by atoms with Gasteiger partial charge in [0.1, 0.15) is 5.75 Å². The number of carbonyl (C=O) groups excluding carboxylic acids is 1. The fraction of sp³-hybridized carbons (Fsp3) is 0.500. The third-order valence-corrected chi connectivity index (χ3v) is 5.08. The van der Waals surface area contributed by atoms with Crippen LogP contribution in [0, 0.1) is 0 Å². The molecule has 1 aromatic rings. The summed E-state index contributed by atoms with van der Waals surface area (Å²) in [7, 11) is 0. The summed E-state index contributed by atoms with van der Waals surface area (Å²) in [5.74, 6) is 0.857. The highest BCUT2D eigenvalue weighted by Gasteiger charge is 2.33. The van der Waals surface area contributed by atoms with Gasteiger partial charge in [0.2, 0.25) is 0 Å². The van der Waals surface area contributed by atoms with Crippen LogP contribution < -0.4 is 4.74 Å². The second kappa shape index (κ2) is 8.45. The maximum absolute atomic E-state index is 12.8. The molecule has 2 atom stereocenters. The van der Waals surface area contributed by atoms with Gasteiger partial charge in [-0.25, -0.2) is 0 Å². The van der Waals surface area contributed by atoms with Crippen LogP contribution in [0.15, 0.2) is 24.3 Å². The molecule has 0 radical (unpaired) electrons. The molecule has 0 saturated carbocycles. The first-order valence-electron chi connectivity index (χ1n) is 7.54. The van der Waals surface area contributed by atoms with E-state index >= 15 is 0 Å². The number of carboxylic acids is 1. The number of thioether (sulfide) groups is 1. The minimum atomic E-state index is -0.893. The Kier molecular flexibility index (Phi) is 6.59. The maximum Gasteiger partial charge on any atom is 0.305 e. The summed E-state index contributed by atoms with van der Waals surface area (Å²) in [5, 5.41) is 9.49. The molecule has 1 heterocycles. The summed E-state index contributed by atoms with van der Waals surface area (Å²) in [6, 6.07) is 6.73. The second-order valence-electron chi connectivity index (χ2n) is 5.30. The van der Waals surface area contributed by atoms with Crippen LogP contribution in [0.25, 0.3) is 0 Å². The largest absolute Gasteiger partial charge is 0.481 e. The fourth-order valence-electron chi connectivity index (χ4n) is 2.50. The Morgan fingerprint density at radius 1 is 1.48 bits per heavy atom. The third kappa shape index (κ3) is 4.78. The van der Waals surface area contributed by atoms with Gasteiger partial charge in [-0.3, -0.25) is 9.59 Å². The third-order valence-electron chi connectivity index (χ3n) is 3.67. The van der Waals surface area contributed by atoms with Crippen LogP contribution in [-0.4, -0.2) is 52.1 Å². The monoisotopic (exact) mass is 357 g/mol. The lowest BCUT2D eigenvalue weighted by atomic mass is 10.1. The molecular formula is C16H20ClNO4S. The van der Waals surface area contributed by atoms with Crippen LogP contribution in [0.3, 0.4) is 0 Å². The van der Waals surface area contributed by atoms with Gasteiger partial charge in [-0.05, 0) is 18.6 Å². The number of rotatable bonds is 6. The van der Waals surface area contributed by atoms with Crippen LogP contribution in [0.5, 0.6) is 5.75 Å². The smallest absolute Gasteiger partial charge is 0.305 e. The topological polar surface area (TPSA) is 66.8 Å². The zero-order chi connectivity index (χ0) is 16.8. The van der Waals surface area contributed by atoms with E-state index in [9.17, 15) is 9.59 Å². The fourth-order valence-corrected chi connectivity index (χ4v) is 3.75. The minimum Gasteiger partial charge on any atom is -0.481 e. The van der Waals surface area contributed by atoms with Crippen molar-refractivity contribution in [3.63, 3.8) is 0 Å². The van der Waals surface area contributed by atoms with Gasteiger partial charge in [-0.15, -0.1) is 0 Å². The van der Waals surface area contributed by atoms with Gasteiger partial charge >= 0.3 is 5.97 Å². The number of aliphatic carboxylic acids is 1. The SMILES string of the molecule is CCC(Oc1ccccc1Cl)C(=O)N1CCSCC1CC(=O)O. The van der Waals surface area contributed by atoms with Crippen molar-refractivity contribution < 1.29 is 19.4 Å².